The molecule has 1 spiro atoms. The molecule has 7 nitrogen and oxygen atoms in total. The van der Waals surface area contributed by atoms with Gasteiger partial charge in [0.05, 0.1) is 35.8 Å². The van der Waals surface area contributed by atoms with Gasteiger partial charge < -0.3 is 19.6 Å². The van der Waals surface area contributed by atoms with Crippen molar-refractivity contribution in [2.45, 2.75) is 81.9 Å². The van der Waals surface area contributed by atoms with E-state index in [0.717, 1.165) is 42.5 Å². The smallest absolute Gasteiger partial charge is 0.310 e. The van der Waals surface area contributed by atoms with Crippen molar-refractivity contribution in [1.29, 1.82) is 0 Å². The minimum atomic E-state index is -0.801. The van der Waals surface area contributed by atoms with Crippen molar-refractivity contribution in [3.8, 4) is 0 Å². The molecule has 4 rings (SSSR count). The molecule has 3 aliphatic rings. The highest BCUT2D eigenvalue weighted by Crippen LogP contribution is 2.67. The van der Waals surface area contributed by atoms with E-state index in [-0.39, 0.29) is 42.1 Å². The first-order chi connectivity index (χ1) is 19.1. The molecule has 2 amide bonds. The minimum Gasteiger partial charge on any atom is -0.465 e. The number of aliphatic hydroxyl groups excluding tert-OH is 1. The van der Waals surface area contributed by atoms with E-state index >= 15 is 0 Å². The third-order valence-corrected chi connectivity index (χ3v) is 10.8. The topological polar surface area (TPSA) is 87.1 Å². The van der Waals surface area contributed by atoms with Gasteiger partial charge in [-0.15, -0.1) is 24.9 Å². The summed E-state index contributed by atoms with van der Waals surface area (Å²) in [6, 6.07) is 4.66. The van der Waals surface area contributed by atoms with Crippen LogP contribution in [0.25, 0.3) is 0 Å². The number of unbranched alkanes of at least 4 members (excludes halogenated alkanes) is 2. The molecule has 0 aliphatic carbocycles. The number of aryl methyl sites for hydroxylation is 2. The standard InChI is InChI=1S/C32H44N2O5S/c1-7-9-10-11-17-39-31(38)26-25-14-15-32(40-25)27(26)29(36)34(24(19-35)20(3)4)28(32)30(37)33(16-8-2)23-18-21(5)12-13-22(23)6/h7-8,12-13,18,20,24-28,35H,1-2,9-11,14-17,19H2,3-6H3/t24-,25+,26-,27-,28?,32?/m0/s1. The Morgan fingerprint density at radius 1 is 1.25 bits per heavy atom. The maximum absolute atomic E-state index is 14.7. The Morgan fingerprint density at radius 2 is 2.00 bits per heavy atom. The number of nitrogens with zero attached hydrogens (tertiary/aromatic N) is 2. The van der Waals surface area contributed by atoms with E-state index in [1.54, 1.807) is 27.6 Å². The number of carbonyl (C=O) groups is 3. The molecule has 2 bridgehead atoms. The molecule has 1 aromatic carbocycles. The molecule has 3 aliphatic heterocycles. The van der Waals surface area contributed by atoms with Gasteiger partial charge in [-0.1, -0.05) is 38.1 Å². The molecular weight excluding hydrogens is 524 g/mol. The molecule has 1 N–H and O–H groups in total. The van der Waals surface area contributed by atoms with Crippen LogP contribution in [-0.2, 0) is 19.1 Å². The van der Waals surface area contributed by atoms with Gasteiger partial charge in [0.1, 0.15) is 6.04 Å². The zero-order chi connectivity index (χ0) is 29.2. The maximum atomic E-state index is 14.7. The molecule has 8 heteroatoms. The van der Waals surface area contributed by atoms with Crippen LogP contribution in [0.1, 0.15) is 57.1 Å². The van der Waals surface area contributed by atoms with Crippen molar-refractivity contribution in [3.05, 3.63) is 54.6 Å². The van der Waals surface area contributed by atoms with Gasteiger partial charge in [0.15, 0.2) is 0 Å². The lowest BCUT2D eigenvalue weighted by molar-refractivity contribution is -0.154. The van der Waals surface area contributed by atoms with Gasteiger partial charge in [-0.3, -0.25) is 14.4 Å². The lowest BCUT2D eigenvalue weighted by atomic mass is 9.71. The predicted molar refractivity (Wildman–Crippen MR) is 160 cm³/mol. The van der Waals surface area contributed by atoms with Crippen molar-refractivity contribution < 1.29 is 24.2 Å². The second-order valence-electron chi connectivity index (χ2n) is 11.8. The van der Waals surface area contributed by atoms with Crippen LogP contribution in [0, 0.1) is 31.6 Å². The predicted octanol–water partition coefficient (Wildman–Crippen LogP) is 4.83. The number of ether oxygens (including phenoxy) is 1. The summed E-state index contributed by atoms with van der Waals surface area (Å²) < 4.78 is 4.97. The van der Waals surface area contributed by atoms with E-state index in [1.165, 1.54) is 0 Å². The fraction of sp³-hybridized carbons (Fsp3) is 0.594. The molecule has 3 fully saturated rings. The third kappa shape index (κ3) is 5.25. The number of hydrogen-bond acceptors (Lipinski definition) is 6. The second-order valence-corrected chi connectivity index (χ2v) is 13.4. The summed E-state index contributed by atoms with van der Waals surface area (Å²) in [4.78, 5) is 45.9. The van der Waals surface area contributed by atoms with Crippen molar-refractivity contribution >= 4 is 35.2 Å². The van der Waals surface area contributed by atoms with Crippen LogP contribution in [0.3, 0.4) is 0 Å². The molecule has 1 aromatic rings. The number of amides is 2. The van der Waals surface area contributed by atoms with Crippen LogP contribution in [0.5, 0.6) is 0 Å². The summed E-state index contributed by atoms with van der Waals surface area (Å²) in [5.41, 5.74) is 2.77. The zero-order valence-corrected chi connectivity index (χ0v) is 25.1. The summed E-state index contributed by atoms with van der Waals surface area (Å²) in [7, 11) is 0. The van der Waals surface area contributed by atoms with Gasteiger partial charge in [0.25, 0.3) is 5.91 Å². The number of carbonyl (C=O) groups excluding carboxylic acids is 3. The zero-order valence-electron chi connectivity index (χ0n) is 24.3. The van der Waals surface area contributed by atoms with Gasteiger partial charge >= 0.3 is 5.97 Å². The first-order valence-electron chi connectivity index (χ1n) is 14.5. The van der Waals surface area contributed by atoms with Crippen molar-refractivity contribution in [2.75, 3.05) is 24.7 Å². The fourth-order valence-electron chi connectivity index (χ4n) is 6.87. The average molecular weight is 569 g/mol. The molecule has 218 valence electrons. The van der Waals surface area contributed by atoms with Crippen LogP contribution >= 0.6 is 11.8 Å². The Bertz CT molecular complexity index is 1150. The van der Waals surface area contributed by atoms with Crippen molar-refractivity contribution in [1.82, 2.24) is 4.90 Å². The molecule has 40 heavy (non-hydrogen) atoms. The number of allylic oxidation sites excluding steroid dienone is 1. The van der Waals surface area contributed by atoms with E-state index in [0.29, 0.717) is 13.0 Å². The van der Waals surface area contributed by atoms with Crippen LogP contribution in [0.2, 0.25) is 0 Å². The molecular formula is C32H44N2O5S. The number of anilines is 1. The molecule has 6 atom stereocenters. The lowest BCUT2D eigenvalue weighted by Crippen LogP contribution is -2.58. The first kappa shape index (κ1) is 30.4. The monoisotopic (exact) mass is 568 g/mol. The molecule has 0 saturated carbocycles. The first-order valence-corrected chi connectivity index (χ1v) is 15.4. The Labute approximate surface area is 243 Å². The summed E-state index contributed by atoms with van der Waals surface area (Å²) in [6.45, 7) is 15.8. The van der Waals surface area contributed by atoms with Gasteiger partial charge in [0, 0.05) is 17.5 Å². The normalized spacial score (nSPS) is 27.6. The molecule has 3 heterocycles. The highest BCUT2D eigenvalue weighted by Gasteiger charge is 2.75. The quantitative estimate of drug-likeness (QED) is 0.208. The van der Waals surface area contributed by atoms with Crippen LogP contribution in [0.4, 0.5) is 5.69 Å². The largest absolute Gasteiger partial charge is 0.465 e. The van der Waals surface area contributed by atoms with E-state index in [1.807, 2.05) is 52.0 Å². The van der Waals surface area contributed by atoms with E-state index in [2.05, 4.69) is 13.2 Å². The Hall–Kier alpha value is -2.58. The van der Waals surface area contributed by atoms with Gasteiger partial charge in [-0.25, -0.2) is 0 Å². The van der Waals surface area contributed by atoms with Gasteiger partial charge in [-0.2, -0.15) is 0 Å². The molecule has 2 unspecified atom stereocenters. The van der Waals surface area contributed by atoms with E-state index < -0.39 is 28.7 Å². The Balaban J connectivity index is 1.74. The number of esters is 1. The van der Waals surface area contributed by atoms with Crippen molar-refractivity contribution in [2.24, 2.45) is 17.8 Å². The Morgan fingerprint density at radius 3 is 2.65 bits per heavy atom. The summed E-state index contributed by atoms with van der Waals surface area (Å²) in [5.74, 6) is -2.06. The summed E-state index contributed by atoms with van der Waals surface area (Å²) >= 11 is 1.62. The third-order valence-electron chi connectivity index (χ3n) is 8.84. The van der Waals surface area contributed by atoms with Gasteiger partial charge in [0.2, 0.25) is 5.91 Å². The number of rotatable bonds is 13. The highest BCUT2D eigenvalue weighted by molar-refractivity contribution is 8.02. The highest BCUT2D eigenvalue weighted by atomic mass is 32.2. The SMILES string of the molecule is C=CCCCCOC(=O)[C@@H]1[C@H]2C(=O)N([C@@H](CO)C(C)C)C(C(=O)N(CC=C)c3cc(C)ccc3C)C23CC[C@H]1S3. The van der Waals surface area contributed by atoms with Crippen LogP contribution in [-0.4, -0.2) is 69.6 Å². The Kier molecular flexibility index (Phi) is 9.51. The van der Waals surface area contributed by atoms with E-state index in [4.69, 9.17) is 4.74 Å². The number of likely N-dealkylation sites (tertiary alicyclic amines) is 1. The van der Waals surface area contributed by atoms with Crippen LogP contribution in [0.15, 0.2) is 43.5 Å². The van der Waals surface area contributed by atoms with E-state index in [9.17, 15) is 19.5 Å². The molecule has 0 aromatic heterocycles. The average Bonchev–Trinajstić information content (AvgIpc) is 3.56. The second kappa shape index (κ2) is 12.5. The van der Waals surface area contributed by atoms with Crippen LogP contribution < -0.4 is 4.90 Å². The molecule has 3 saturated heterocycles. The van der Waals surface area contributed by atoms with Crippen molar-refractivity contribution in [3.63, 3.8) is 0 Å². The number of fused-ring (bicyclic) bond motifs is 1. The number of hydrogen-bond donors (Lipinski definition) is 1. The maximum Gasteiger partial charge on any atom is 0.310 e. The number of benzene rings is 1. The van der Waals surface area contributed by atoms with Gasteiger partial charge in [-0.05, 0) is 69.1 Å². The number of aliphatic hydroxyl groups is 1. The number of thioether (sulfide) groups is 1. The lowest BCUT2D eigenvalue weighted by Gasteiger charge is -2.41. The fourth-order valence-corrected chi connectivity index (χ4v) is 9.06. The minimum absolute atomic E-state index is 0.0627. The molecule has 0 radical (unpaired) electrons. The summed E-state index contributed by atoms with van der Waals surface area (Å²) in [5, 5.41) is 10.4. The summed E-state index contributed by atoms with van der Waals surface area (Å²) in [6.07, 6.45) is 7.46.